The maximum absolute atomic E-state index is 11.3. The molecule has 1 heterocycles. The summed E-state index contributed by atoms with van der Waals surface area (Å²) in [5, 5.41) is 0. The van der Waals surface area contributed by atoms with E-state index >= 15 is 0 Å². The van der Waals surface area contributed by atoms with Crippen molar-refractivity contribution in [3.05, 3.63) is 23.9 Å². The highest BCUT2D eigenvalue weighted by Gasteiger charge is 2.15. The number of esters is 1. The van der Waals surface area contributed by atoms with Crippen LogP contribution < -0.4 is 5.73 Å². The first kappa shape index (κ1) is 17.2. The average molecular weight is 296 g/mol. The molecule has 0 aliphatic carbocycles. The number of carbonyl (C=O) groups excluding carboxylic acids is 2. The summed E-state index contributed by atoms with van der Waals surface area (Å²) in [6, 6.07) is 0. The first-order valence-electron chi connectivity index (χ1n) is 7.16. The quantitative estimate of drug-likeness (QED) is 0.641. The fourth-order valence-electron chi connectivity index (χ4n) is 1.96. The molecular weight excluding hydrogens is 272 g/mol. The molecule has 0 saturated heterocycles. The smallest absolute Gasteiger partial charge is 0.305 e. The number of rotatable bonds is 9. The van der Waals surface area contributed by atoms with E-state index in [1.807, 2.05) is 18.0 Å². The number of hydrogen-bond donors (Lipinski definition) is 1. The molecule has 0 bridgehead atoms. The van der Waals surface area contributed by atoms with Crippen molar-refractivity contribution in [2.24, 2.45) is 5.73 Å². The Kier molecular flexibility index (Phi) is 7.53. The van der Waals surface area contributed by atoms with E-state index in [2.05, 4.69) is 0 Å². The van der Waals surface area contributed by atoms with Gasteiger partial charge in [0.1, 0.15) is 6.61 Å². The fraction of sp³-hybridized carbons (Fsp3) is 0.600. The van der Waals surface area contributed by atoms with Gasteiger partial charge in [0, 0.05) is 32.2 Å². The molecule has 1 rings (SSSR count). The van der Waals surface area contributed by atoms with Crippen molar-refractivity contribution < 1.29 is 19.1 Å². The number of hydrogen-bond acceptors (Lipinski definition) is 5. The summed E-state index contributed by atoms with van der Waals surface area (Å²) in [5.74, 6) is -0.600. The molecule has 2 N–H and O–H groups in total. The predicted molar refractivity (Wildman–Crippen MR) is 79.3 cm³/mol. The number of methoxy groups -OCH3 is 1. The molecule has 0 unspecified atom stereocenters. The summed E-state index contributed by atoms with van der Waals surface area (Å²) in [4.78, 5) is 24.5. The number of ether oxygens (including phenoxy) is 2. The van der Waals surface area contributed by atoms with Crippen molar-refractivity contribution in [2.75, 3.05) is 26.8 Å². The molecular formula is C15H24N2O4. The fourth-order valence-corrected chi connectivity index (χ4v) is 1.96. The summed E-state index contributed by atoms with van der Waals surface area (Å²) in [5.41, 5.74) is 5.86. The molecule has 118 valence electrons. The number of primary amides is 1. The summed E-state index contributed by atoms with van der Waals surface area (Å²) in [6.07, 6.45) is 7.18. The van der Waals surface area contributed by atoms with Gasteiger partial charge in [0.25, 0.3) is 0 Å². The normalized spacial score (nSPS) is 15.5. The topological polar surface area (TPSA) is 81.9 Å². The maximum atomic E-state index is 11.3. The third kappa shape index (κ3) is 6.44. The van der Waals surface area contributed by atoms with Crippen LogP contribution in [-0.2, 0) is 19.1 Å². The Morgan fingerprint density at radius 2 is 2.24 bits per heavy atom. The van der Waals surface area contributed by atoms with E-state index in [4.69, 9.17) is 15.2 Å². The van der Waals surface area contributed by atoms with E-state index in [9.17, 15) is 9.59 Å². The van der Waals surface area contributed by atoms with Gasteiger partial charge in [-0.2, -0.15) is 0 Å². The van der Waals surface area contributed by atoms with E-state index in [1.165, 1.54) is 0 Å². The van der Waals surface area contributed by atoms with Gasteiger partial charge >= 0.3 is 5.97 Å². The lowest BCUT2D eigenvalue weighted by Gasteiger charge is -2.25. The van der Waals surface area contributed by atoms with Crippen LogP contribution in [0.3, 0.4) is 0 Å². The van der Waals surface area contributed by atoms with Gasteiger partial charge in [-0.3, -0.25) is 9.59 Å². The molecule has 0 aromatic heterocycles. The first-order chi connectivity index (χ1) is 10.1. The molecule has 6 nitrogen and oxygen atoms in total. The second-order valence-electron chi connectivity index (χ2n) is 4.95. The Morgan fingerprint density at radius 3 is 2.86 bits per heavy atom. The van der Waals surface area contributed by atoms with Gasteiger partial charge in [-0.25, -0.2) is 0 Å². The van der Waals surface area contributed by atoms with Crippen LogP contribution in [0.4, 0.5) is 0 Å². The Labute approximate surface area is 125 Å². The van der Waals surface area contributed by atoms with Gasteiger partial charge in [-0.05, 0) is 25.1 Å². The zero-order chi connectivity index (χ0) is 15.7. The second-order valence-corrected chi connectivity index (χ2v) is 4.95. The lowest BCUT2D eigenvalue weighted by Crippen LogP contribution is -2.32. The van der Waals surface area contributed by atoms with Crippen molar-refractivity contribution in [2.45, 2.75) is 32.3 Å². The van der Waals surface area contributed by atoms with Crippen LogP contribution in [0.15, 0.2) is 23.9 Å². The molecule has 0 fully saturated rings. The molecule has 1 aliphatic heterocycles. The van der Waals surface area contributed by atoms with Gasteiger partial charge in [-0.15, -0.1) is 0 Å². The van der Waals surface area contributed by atoms with E-state index in [-0.39, 0.29) is 18.7 Å². The van der Waals surface area contributed by atoms with Crippen LogP contribution in [-0.4, -0.2) is 49.7 Å². The van der Waals surface area contributed by atoms with Gasteiger partial charge in [0.2, 0.25) is 5.91 Å². The highest BCUT2D eigenvalue weighted by molar-refractivity contribution is 5.92. The molecule has 0 spiro atoms. The van der Waals surface area contributed by atoms with E-state index in [1.54, 1.807) is 19.3 Å². The number of carbonyl (C=O) groups is 2. The van der Waals surface area contributed by atoms with Crippen molar-refractivity contribution >= 4 is 11.9 Å². The van der Waals surface area contributed by atoms with Crippen LogP contribution >= 0.6 is 0 Å². The third-order valence-electron chi connectivity index (χ3n) is 3.24. The number of nitrogens with two attached hydrogens (primary N) is 1. The lowest BCUT2D eigenvalue weighted by atomic mass is 10.1. The molecule has 6 heteroatoms. The number of amides is 1. The standard InChI is InChI=1S/C15H24N2O4/c1-3-5-14(18)21-11-13(20-2)7-9-17-8-4-6-12(10-17)15(16)19/h4,6,8,13H,3,5,7,9-11H2,1-2H3,(H2,16,19)/t13-/m0/s1. The minimum atomic E-state index is -0.402. The van der Waals surface area contributed by atoms with E-state index < -0.39 is 5.91 Å². The monoisotopic (exact) mass is 296 g/mol. The van der Waals surface area contributed by atoms with Gasteiger partial charge in [0.05, 0.1) is 6.10 Å². The summed E-state index contributed by atoms with van der Waals surface area (Å²) < 4.78 is 10.5. The van der Waals surface area contributed by atoms with Crippen LogP contribution in [0.1, 0.15) is 26.2 Å². The van der Waals surface area contributed by atoms with Crippen molar-refractivity contribution in [3.8, 4) is 0 Å². The molecule has 21 heavy (non-hydrogen) atoms. The largest absolute Gasteiger partial charge is 0.463 e. The summed E-state index contributed by atoms with van der Waals surface area (Å²) >= 11 is 0. The van der Waals surface area contributed by atoms with Gasteiger partial charge in [-0.1, -0.05) is 13.0 Å². The first-order valence-corrected chi connectivity index (χ1v) is 7.16. The molecule has 1 atom stereocenters. The molecule has 0 aromatic rings. The zero-order valence-corrected chi connectivity index (χ0v) is 12.7. The van der Waals surface area contributed by atoms with E-state index in [0.717, 1.165) is 6.42 Å². The Bertz CT molecular complexity index is 418. The van der Waals surface area contributed by atoms with Gasteiger partial charge < -0.3 is 20.1 Å². The average Bonchev–Trinajstić information content (AvgIpc) is 2.48. The van der Waals surface area contributed by atoms with Crippen LogP contribution in [0.25, 0.3) is 0 Å². The summed E-state index contributed by atoms with van der Waals surface area (Å²) in [6.45, 7) is 3.38. The lowest BCUT2D eigenvalue weighted by molar-refractivity contribution is -0.147. The molecule has 0 saturated carbocycles. The summed E-state index contributed by atoms with van der Waals surface area (Å²) in [7, 11) is 1.60. The van der Waals surface area contributed by atoms with Crippen LogP contribution in [0.2, 0.25) is 0 Å². The highest BCUT2D eigenvalue weighted by Crippen LogP contribution is 2.09. The van der Waals surface area contributed by atoms with E-state index in [0.29, 0.717) is 31.5 Å². The maximum Gasteiger partial charge on any atom is 0.305 e. The van der Waals surface area contributed by atoms with Crippen LogP contribution in [0.5, 0.6) is 0 Å². The minimum absolute atomic E-state index is 0.151. The second kappa shape index (κ2) is 9.18. The molecule has 0 radical (unpaired) electrons. The van der Waals surface area contributed by atoms with Crippen molar-refractivity contribution in [1.82, 2.24) is 4.90 Å². The SMILES string of the molecule is CCCC(=O)OC[C@H](CCN1C=CC=C(C(N)=O)C1)OC. The predicted octanol–water partition coefficient (Wildman–Crippen LogP) is 0.976. The van der Waals surface area contributed by atoms with Crippen LogP contribution in [0, 0.1) is 0 Å². The molecule has 1 amide bonds. The van der Waals surface area contributed by atoms with Crippen molar-refractivity contribution in [3.63, 3.8) is 0 Å². The number of allylic oxidation sites excluding steroid dienone is 2. The Morgan fingerprint density at radius 1 is 1.48 bits per heavy atom. The third-order valence-corrected chi connectivity index (χ3v) is 3.24. The molecule has 1 aliphatic rings. The van der Waals surface area contributed by atoms with Crippen molar-refractivity contribution in [1.29, 1.82) is 0 Å². The van der Waals surface area contributed by atoms with Gasteiger partial charge in [0.15, 0.2) is 0 Å². The Balaban J connectivity index is 2.32. The highest BCUT2D eigenvalue weighted by atomic mass is 16.6. The Hall–Kier alpha value is -1.82. The zero-order valence-electron chi connectivity index (χ0n) is 12.7. The number of nitrogens with zero attached hydrogens (tertiary/aromatic N) is 1. The molecule has 0 aromatic carbocycles. The minimum Gasteiger partial charge on any atom is -0.463 e.